The van der Waals surface area contributed by atoms with Gasteiger partial charge in [0.25, 0.3) is 0 Å². The number of nitrogens with two attached hydrogens (primary N) is 1. The standard InChI is InChI=1S/C17H22N2O2/c1-13(19-17(20)15-7-10-21-11-8-15)16-6-2-4-14(12-16)5-3-9-18/h2,4,6,12-13,15H,7-11,18H2,1H3,(H,19,20). The highest BCUT2D eigenvalue weighted by Gasteiger charge is 2.22. The first-order valence-electron chi connectivity index (χ1n) is 7.37. The lowest BCUT2D eigenvalue weighted by Crippen LogP contribution is -2.35. The maximum atomic E-state index is 12.2. The minimum Gasteiger partial charge on any atom is -0.381 e. The van der Waals surface area contributed by atoms with Crippen LogP contribution < -0.4 is 11.1 Å². The lowest BCUT2D eigenvalue weighted by molar-refractivity contribution is -0.128. The Morgan fingerprint density at radius 3 is 2.95 bits per heavy atom. The summed E-state index contributed by atoms with van der Waals surface area (Å²) < 4.78 is 5.29. The second kappa shape index (κ2) is 7.82. The van der Waals surface area contributed by atoms with E-state index < -0.39 is 0 Å². The summed E-state index contributed by atoms with van der Waals surface area (Å²) in [4.78, 5) is 12.2. The van der Waals surface area contributed by atoms with E-state index in [1.165, 1.54) is 0 Å². The molecular weight excluding hydrogens is 264 g/mol. The molecule has 1 aliphatic heterocycles. The molecule has 1 amide bonds. The maximum Gasteiger partial charge on any atom is 0.223 e. The summed E-state index contributed by atoms with van der Waals surface area (Å²) in [5.41, 5.74) is 7.36. The van der Waals surface area contributed by atoms with E-state index in [-0.39, 0.29) is 17.9 Å². The third kappa shape index (κ3) is 4.59. The highest BCUT2D eigenvalue weighted by Crippen LogP contribution is 2.18. The molecule has 112 valence electrons. The fourth-order valence-corrected chi connectivity index (χ4v) is 2.41. The largest absolute Gasteiger partial charge is 0.381 e. The van der Waals surface area contributed by atoms with Crippen molar-refractivity contribution in [3.63, 3.8) is 0 Å². The highest BCUT2D eigenvalue weighted by molar-refractivity contribution is 5.79. The summed E-state index contributed by atoms with van der Waals surface area (Å²) in [6.07, 6.45) is 1.61. The molecule has 21 heavy (non-hydrogen) atoms. The number of ether oxygens (including phenoxy) is 1. The number of hydrogen-bond acceptors (Lipinski definition) is 3. The van der Waals surface area contributed by atoms with Gasteiger partial charge in [-0.3, -0.25) is 4.79 Å². The number of benzene rings is 1. The molecule has 1 saturated heterocycles. The maximum absolute atomic E-state index is 12.2. The van der Waals surface area contributed by atoms with Crippen LogP contribution in [0.5, 0.6) is 0 Å². The van der Waals surface area contributed by atoms with Crippen molar-refractivity contribution >= 4 is 5.91 Å². The van der Waals surface area contributed by atoms with Crippen LogP contribution in [-0.2, 0) is 9.53 Å². The Labute approximate surface area is 126 Å². The monoisotopic (exact) mass is 286 g/mol. The number of rotatable bonds is 3. The molecule has 0 saturated carbocycles. The van der Waals surface area contributed by atoms with Crippen LogP contribution in [0, 0.1) is 17.8 Å². The molecule has 1 aromatic rings. The molecule has 1 aromatic carbocycles. The fraction of sp³-hybridized carbons (Fsp3) is 0.471. The van der Waals surface area contributed by atoms with Crippen LogP contribution in [-0.4, -0.2) is 25.7 Å². The molecule has 0 aromatic heterocycles. The average Bonchev–Trinajstić information content (AvgIpc) is 2.54. The molecule has 0 aliphatic carbocycles. The molecule has 4 nitrogen and oxygen atoms in total. The van der Waals surface area contributed by atoms with Gasteiger partial charge in [0, 0.05) is 24.7 Å². The fourth-order valence-electron chi connectivity index (χ4n) is 2.41. The van der Waals surface area contributed by atoms with Gasteiger partial charge in [0.2, 0.25) is 5.91 Å². The third-order valence-corrected chi connectivity index (χ3v) is 3.67. The molecule has 2 rings (SSSR count). The SMILES string of the molecule is CC(NC(=O)C1CCOCC1)c1cccc(C#CCN)c1. The van der Waals surface area contributed by atoms with Gasteiger partial charge >= 0.3 is 0 Å². The summed E-state index contributed by atoms with van der Waals surface area (Å²) in [7, 11) is 0. The topological polar surface area (TPSA) is 64.3 Å². The van der Waals surface area contributed by atoms with Gasteiger partial charge in [-0.1, -0.05) is 24.0 Å². The van der Waals surface area contributed by atoms with Crippen LogP contribution in [0.1, 0.15) is 36.9 Å². The first kappa shape index (κ1) is 15.6. The molecule has 1 unspecified atom stereocenters. The number of nitrogens with one attached hydrogen (secondary N) is 1. The zero-order chi connectivity index (χ0) is 15.1. The van der Waals surface area contributed by atoms with E-state index in [0.29, 0.717) is 19.8 Å². The average molecular weight is 286 g/mol. The highest BCUT2D eigenvalue weighted by atomic mass is 16.5. The zero-order valence-electron chi connectivity index (χ0n) is 12.4. The lowest BCUT2D eigenvalue weighted by atomic mass is 9.98. The number of amides is 1. The van der Waals surface area contributed by atoms with Crippen LogP contribution in [0.25, 0.3) is 0 Å². The first-order valence-corrected chi connectivity index (χ1v) is 7.37. The molecule has 1 aliphatic rings. The van der Waals surface area contributed by atoms with Crippen molar-refractivity contribution in [2.45, 2.75) is 25.8 Å². The summed E-state index contributed by atoms with van der Waals surface area (Å²) in [6.45, 7) is 3.69. The van der Waals surface area contributed by atoms with Crippen LogP contribution in [0.3, 0.4) is 0 Å². The van der Waals surface area contributed by atoms with E-state index >= 15 is 0 Å². The van der Waals surface area contributed by atoms with E-state index in [9.17, 15) is 4.79 Å². The summed E-state index contributed by atoms with van der Waals surface area (Å²) in [6, 6.07) is 7.87. The molecule has 0 radical (unpaired) electrons. The van der Waals surface area contributed by atoms with Crippen molar-refractivity contribution in [2.75, 3.05) is 19.8 Å². The Bertz CT molecular complexity index is 539. The summed E-state index contributed by atoms with van der Waals surface area (Å²) in [5, 5.41) is 3.08. The van der Waals surface area contributed by atoms with E-state index in [2.05, 4.69) is 17.2 Å². The Balaban J connectivity index is 1.99. The van der Waals surface area contributed by atoms with Crippen molar-refractivity contribution in [1.29, 1.82) is 0 Å². The molecule has 1 fully saturated rings. The smallest absolute Gasteiger partial charge is 0.223 e. The van der Waals surface area contributed by atoms with Crippen molar-refractivity contribution in [1.82, 2.24) is 5.32 Å². The van der Waals surface area contributed by atoms with Gasteiger partial charge < -0.3 is 15.8 Å². The van der Waals surface area contributed by atoms with Crippen molar-refractivity contribution in [3.8, 4) is 11.8 Å². The Kier molecular flexibility index (Phi) is 5.79. The second-order valence-electron chi connectivity index (χ2n) is 5.25. The van der Waals surface area contributed by atoms with Gasteiger partial charge in [0.05, 0.1) is 12.6 Å². The van der Waals surface area contributed by atoms with E-state index in [4.69, 9.17) is 10.5 Å². The number of hydrogen-bond donors (Lipinski definition) is 2. The Hall–Kier alpha value is -1.83. The minimum absolute atomic E-state index is 0.0278. The third-order valence-electron chi connectivity index (χ3n) is 3.67. The molecule has 3 N–H and O–H groups in total. The lowest BCUT2D eigenvalue weighted by Gasteiger charge is -2.23. The molecule has 0 spiro atoms. The predicted molar refractivity (Wildman–Crippen MR) is 82.5 cm³/mol. The minimum atomic E-state index is -0.0278. The molecular formula is C17H22N2O2. The van der Waals surface area contributed by atoms with Crippen molar-refractivity contribution in [2.24, 2.45) is 11.7 Å². The quantitative estimate of drug-likeness (QED) is 0.830. The molecule has 4 heteroatoms. The van der Waals surface area contributed by atoms with Crippen LogP contribution >= 0.6 is 0 Å². The Morgan fingerprint density at radius 1 is 1.48 bits per heavy atom. The van der Waals surface area contributed by atoms with E-state index in [1.807, 2.05) is 31.2 Å². The van der Waals surface area contributed by atoms with Gasteiger partial charge in [0.1, 0.15) is 0 Å². The molecule has 1 heterocycles. The first-order chi connectivity index (χ1) is 10.2. The van der Waals surface area contributed by atoms with Gasteiger partial charge in [0.15, 0.2) is 0 Å². The zero-order valence-corrected chi connectivity index (χ0v) is 12.4. The van der Waals surface area contributed by atoms with Gasteiger partial charge in [-0.25, -0.2) is 0 Å². The summed E-state index contributed by atoms with van der Waals surface area (Å²) >= 11 is 0. The summed E-state index contributed by atoms with van der Waals surface area (Å²) in [5.74, 6) is 6.04. The van der Waals surface area contributed by atoms with E-state index in [1.54, 1.807) is 0 Å². The molecule has 0 bridgehead atoms. The van der Waals surface area contributed by atoms with Gasteiger partial charge in [-0.2, -0.15) is 0 Å². The van der Waals surface area contributed by atoms with Crippen LogP contribution in [0.4, 0.5) is 0 Å². The second-order valence-corrected chi connectivity index (χ2v) is 5.25. The van der Waals surface area contributed by atoms with Gasteiger partial charge in [-0.15, -0.1) is 0 Å². The van der Waals surface area contributed by atoms with Crippen molar-refractivity contribution < 1.29 is 9.53 Å². The normalized spacial score (nSPS) is 16.7. The Morgan fingerprint density at radius 2 is 2.24 bits per heavy atom. The van der Waals surface area contributed by atoms with Gasteiger partial charge in [-0.05, 0) is 37.5 Å². The number of carbonyl (C=O) groups is 1. The van der Waals surface area contributed by atoms with E-state index in [0.717, 1.165) is 24.0 Å². The molecule has 1 atom stereocenters. The number of carbonyl (C=O) groups excluding carboxylic acids is 1. The van der Waals surface area contributed by atoms with Crippen LogP contribution in [0.15, 0.2) is 24.3 Å². The van der Waals surface area contributed by atoms with Crippen molar-refractivity contribution in [3.05, 3.63) is 35.4 Å². The predicted octanol–water partition coefficient (Wildman–Crippen LogP) is 1.60. The van der Waals surface area contributed by atoms with Crippen LogP contribution in [0.2, 0.25) is 0 Å².